The molecule has 0 unspecified atom stereocenters. The van der Waals surface area contributed by atoms with Crippen LogP contribution in [0.4, 0.5) is 13.2 Å². The van der Waals surface area contributed by atoms with E-state index in [1.54, 1.807) is 6.07 Å². The quantitative estimate of drug-likeness (QED) is 0.781. The molecule has 7 heteroatoms. The van der Waals surface area contributed by atoms with Gasteiger partial charge < -0.3 is 4.74 Å². The predicted octanol–water partition coefficient (Wildman–Crippen LogP) is 4.24. The van der Waals surface area contributed by atoms with Crippen LogP contribution in [0.25, 0.3) is 0 Å². The third-order valence-electron chi connectivity index (χ3n) is 5.67. The predicted molar refractivity (Wildman–Crippen MR) is 94.2 cm³/mol. The molecule has 1 aliphatic carbocycles. The first-order valence-corrected chi connectivity index (χ1v) is 9.23. The summed E-state index contributed by atoms with van der Waals surface area (Å²) in [5.74, 6) is 1.55. The van der Waals surface area contributed by atoms with Gasteiger partial charge in [0.25, 0.3) is 0 Å². The molecule has 0 N–H and O–H groups in total. The molecule has 2 heterocycles. The molecule has 1 saturated carbocycles. The molecule has 0 spiro atoms. The fourth-order valence-electron chi connectivity index (χ4n) is 4.32. The zero-order valence-corrected chi connectivity index (χ0v) is 15.1. The van der Waals surface area contributed by atoms with Gasteiger partial charge in [-0.25, -0.2) is 9.97 Å². The van der Waals surface area contributed by atoms with Gasteiger partial charge in [0.1, 0.15) is 18.2 Å². The second-order valence-corrected chi connectivity index (χ2v) is 7.44. The van der Waals surface area contributed by atoms with E-state index in [1.807, 2.05) is 19.3 Å². The van der Waals surface area contributed by atoms with Crippen LogP contribution in [-0.4, -0.2) is 33.6 Å². The monoisotopic (exact) mass is 377 g/mol. The van der Waals surface area contributed by atoms with Crippen molar-refractivity contribution in [2.75, 3.05) is 6.61 Å². The van der Waals surface area contributed by atoms with E-state index >= 15 is 0 Å². The molecule has 4 rings (SSSR count). The van der Waals surface area contributed by atoms with Crippen LogP contribution in [0.1, 0.15) is 36.2 Å². The Morgan fingerprint density at radius 3 is 2.70 bits per heavy atom. The number of hydrogen-bond acceptors (Lipinski definition) is 4. The lowest BCUT2D eigenvalue weighted by atomic mass is 9.99. The number of likely N-dealkylation sites (tertiary alicyclic amines) is 1. The van der Waals surface area contributed by atoms with Crippen molar-refractivity contribution in [3.8, 4) is 5.75 Å². The molecule has 0 radical (unpaired) electrons. The maximum Gasteiger partial charge on any atom is 0.416 e. The fraction of sp³-hybridized carbons (Fsp3) is 0.500. The number of fused-ring (bicyclic) bond motifs is 2. The van der Waals surface area contributed by atoms with Crippen molar-refractivity contribution in [3.05, 3.63) is 53.6 Å². The Hall–Kier alpha value is -2.15. The second-order valence-electron chi connectivity index (χ2n) is 7.44. The van der Waals surface area contributed by atoms with Crippen LogP contribution >= 0.6 is 0 Å². The highest BCUT2D eigenvalue weighted by Gasteiger charge is 2.46. The number of benzene rings is 1. The first-order chi connectivity index (χ1) is 12.9. The SMILES string of the molecule is Cc1ncc(CN2[C@@H]3CC[C@H](C3)[C@@H]2COc2cccc(C(F)(F)F)c2)cn1. The summed E-state index contributed by atoms with van der Waals surface area (Å²) in [6.07, 6.45) is 2.78. The van der Waals surface area contributed by atoms with Crippen LogP contribution in [0.15, 0.2) is 36.7 Å². The number of halogens is 3. The molecule has 1 aromatic carbocycles. The van der Waals surface area contributed by atoms with Crippen molar-refractivity contribution in [3.63, 3.8) is 0 Å². The maximum absolute atomic E-state index is 12.9. The summed E-state index contributed by atoms with van der Waals surface area (Å²) in [6, 6.07) is 5.83. The number of hydrogen-bond donors (Lipinski definition) is 0. The average molecular weight is 377 g/mol. The number of nitrogens with zero attached hydrogens (tertiary/aromatic N) is 3. The van der Waals surface area contributed by atoms with Crippen LogP contribution in [0.3, 0.4) is 0 Å². The van der Waals surface area contributed by atoms with E-state index in [0.717, 1.165) is 49.3 Å². The van der Waals surface area contributed by atoms with E-state index < -0.39 is 11.7 Å². The van der Waals surface area contributed by atoms with Crippen molar-refractivity contribution in [2.24, 2.45) is 5.92 Å². The van der Waals surface area contributed by atoms with Crippen LogP contribution in [0.5, 0.6) is 5.75 Å². The lowest BCUT2D eigenvalue weighted by molar-refractivity contribution is -0.137. The number of rotatable bonds is 5. The molecule has 0 amide bonds. The molecule has 1 aromatic heterocycles. The largest absolute Gasteiger partial charge is 0.492 e. The van der Waals surface area contributed by atoms with Crippen molar-refractivity contribution in [1.82, 2.24) is 14.9 Å². The lowest BCUT2D eigenvalue weighted by Crippen LogP contribution is -2.43. The molecular weight excluding hydrogens is 355 g/mol. The maximum atomic E-state index is 12.9. The molecule has 2 bridgehead atoms. The van der Waals surface area contributed by atoms with E-state index in [1.165, 1.54) is 6.07 Å². The smallest absolute Gasteiger partial charge is 0.416 e. The average Bonchev–Trinajstić information content (AvgIpc) is 3.23. The van der Waals surface area contributed by atoms with Crippen molar-refractivity contribution >= 4 is 0 Å². The van der Waals surface area contributed by atoms with Crippen LogP contribution in [-0.2, 0) is 12.7 Å². The van der Waals surface area contributed by atoms with E-state index in [2.05, 4.69) is 14.9 Å². The first kappa shape index (κ1) is 18.2. The molecular formula is C20H22F3N3O. The Morgan fingerprint density at radius 1 is 1.19 bits per heavy atom. The molecule has 1 aliphatic heterocycles. The number of aromatic nitrogens is 2. The lowest BCUT2D eigenvalue weighted by Gasteiger charge is -2.35. The Balaban J connectivity index is 1.45. The summed E-state index contributed by atoms with van der Waals surface area (Å²) in [5.41, 5.74) is 0.374. The Morgan fingerprint density at radius 2 is 1.96 bits per heavy atom. The minimum absolute atomic E-state index is 0.208. The molecule has 27 heavy (non-hydrogen) atoms. The zero-order chi connectivity index (χ0) is 19.0. The van der Waals surface area contributed by atoms with E-state index in [0.29, 0.717) is 18.6 Å². The molecule has 2 aromatic rings. The molecule has 2 fully saturated rings. The third-order valence-corrected chi connectivity index (χ3v) is 5.67. The van der Waals surface area contributed by atoms with E-state index in [-0.39, 0.29) is 11.8 Å². The third kappa shape index (κ3) is 3.93. The van der Waals surface area contributed by atoms with Crippen LogP contribution < -0.4 is 4.74 Å². The minimum Gasteiger partial charge on any atom is -0.492 e. The van der Waals surface area contributed by atoms with Crippen molar-refractivity contribution in [1.29, 1.82) is 0 Å². The van der Waals surface area contributed by atoms with E-state index in [9.17, 15) is 13.2 Å². The molecule has 1 saturated heterocycles. The number of piperidine rings is 1. The summed E-state index contributed by atoms with van der Waals surface area (Å²) >= 11 is 0. The van der Waals surface area contributed by atoms with Gasteiger partial charge in [0.2, 0.25) is 0 Å². The number of ether oxygens (including phenoxy) is 1. The summed E-state index contributed by atoms with van der Waals surface area (Å²) < 4.78 is 44.5. The summed E-state index contributed by atoms with van der Waals surface area (Å²) in [4.78, 5) is 10.9. The number of aryl methyl sites for hydroxylation is 1. The number of alkyl halides is 3. The summed E-state index contributed by atoms with van der Waals surface area (Å²) in [5, 5.41) is 0. The molecule has 2 aliphatic rings. The van der Waals surface area contributed by atoms with Gasteiger partial charge in [-0.05, 0) is 50.3 Å². The van der Waals surface area contributed by atoms with Gasteiger partial charge in [0, 0.05) is 36.6 Å². The Bertz CT molecular complexity index is 794. The minimum atomic E-state index is -4.36. The molecule has 4 nitrogen and oxygen atoms in total. The van der Waals surface area contributed by atoms with Crippen LogP contribution in [0.2, 0.25) is 0 Å². The Labute approximate surface area is 156 Å². The van der Waals surface area contributed by atoms with Gasteiger partial charge in [-0.2, -0.15) is 13.2 Å². The molecule has 144 valence electrons. The van der Waals surface area contributed by atoms with E-state index in [4.69, 9.17) is 4.74 Å². The standard InChI is InChI=1S/C20H22F3N3O/c1-13-24-9-14(10-25-13)11-26-17-6-5-15(7-17)19(26)12-27-18-4-2-3-16(8-18)20(21,22)23/h2-4,8-10,15,17,19H,5-7,11-12H2,1H3/t15-,17-,19+/m1/s1. The van der Waals surface area contributed by atoms with Gasteiger partial charge >= 0.3 is 6.18 Å². The molecule has 3 atom stereocenters. The van der Waals surface area contributed by atoms with Gasteiger partial charge in [-0.15, -0.1) is 0 Å². The Kier molecular flexibility index (Phi) is 4.80. The van der Waals surface area contributed by atoms with Gasteiger partial charge in [-0.1, -0.05) is 6.07 Å². The first-order valence-electron chi connectivity index (χ1n) is 9.23. The van der Waals surface area contributed by atoms with Gasteiger partial charge in [0.05, 0.1) is 5.56 Å². The van der Waals surface area contributed by atoms with Crippen molar-refractivity contribution in [2.45, 2.75) is 51.0 Å². The van der Waals surface area contributed by atoms with Crippen LogP contribution in [0, 0.1) is 12.8 Å². The fourth-order valence-corrected chi connectivity index (χ4v) is 4.32. The highest BCUT2D eigenvalue weighted by Crippen LogP contribution is 2.43. The highest BCUT2D eigenvalue weighted by molar-refractivity contribution is 5.30. The van der Waals surface area contributed by atoms with Gasteiger partial charge in [0.15, 0.2) is 0 Å². The zero-order valence-electron chi connectivity index (χ0n) is 15.1. The highest BCUT2D eigenvalue weighted by atomic mass is 19.4. The summed E-state index contributed by atoms with van der Waals surface area (Å²) in [7, 11) is 0. The van der Waals surface area contributed by atoms with Gasteiger partial charge in [-0.3, -0.25) is 4.90 Å². The normalized spacial score (nSPS) is 25.1. The van der Waals surface area contributed by atoms with Crippen molar-refractivity contribution < 1.29 is 17.9 Å². The topological polar surface area (TPSA) is 38.2 Å². The summed E-state index contributed by atoms with van der Waals surface area (Å²) in [6.45, 7) is 3.00. The second kappa shape index (κ2) is 7.11.